The van der Waals surface area contributed by atoms with Gasteiger partial charge in [-0.3, -0.25) is 33.4 Å². The minimum Gasteiger partial charge on any atom is -0.494 e. The van der Waals surface area contributed by atoms with E-state index in [0.29, 0.717) is 46.7 Å². The van der Waals surface area contributed by atoms with Gasteiger partial charge in [0.15, 0.2) is 5.65 Å². The summed E-state index contributed by atoms with van der Waals surface area (Å²) in [5, 5.41) is 23.3. The van der Waals surface area contributed by atoms with Gasteiger partial charge in [-0.25, -0.2) is 9.97 Å². The molecule has 0 radical (unpaired) electrons. The van der Waals surface area contributed by atoms with Crippen LogP contribution in [0.1, 0.15) is 82.5 Å². The second-order valence-electron chi connectivity index (χ2n) is 21.0. The van der Waals surface area contributed by atoms with E-state index < -0.39 is 23.6 Å². The first-order valence-corrected chi connectivity index (χ1v) is 27.3. The number of unbranched alkanes of at least 4 members (excludes halogenated alkanes) is 4. The number of carbonyl (C=O) groups is 4. The molecule has 3 atom stereocenters. The monoisotopic (exact) mass is 1070 g/mol. The Morgan fingerprint density at radius 3 is 2.39 bits per heavy atom. The fourth-order valence-corrected chi connectivity index (χ4v) is 10.8. The molecule has 0 saturated carbocycles. The van der Waals surface area contributed by atoms with Crippen LogP contribution in [0.5, 0.6) is 5.75 Å². The molecular weight excluding hydrogens is 995 g/mol. The Kier molecular flexibility index (Phi) is 18.2. The first kappa shape index (κ1) is 55.7. The number of rotatable bonds is 21. The highest BCUT2D eigenvalue weighted by Crippen LogP contribution is 2.33. The molecule has 2 aliphatic rings. The summed E-state index contributed by atoms with van der Waals surface area (Å²) in [4.78, 5) is 87.4. The van der Waals surface area contributed by atoms with Crippen molar-refractivity contribution in [2.45, 2.75) is 104 Å². The van der Waals surface area contributed by atoms with Crippen LogP contribution in [-0.4, -0.2) is 123 Å². The molecule has 2 fully saturated rings. The summed E-state index contributed by atoms with van der Waals surface area (Å²) in [5.74, 6) is -0.352. The number of piperazine rings is 1. The smallest absolute Gasteiger partial charge is 0.257 e. The number of carbonyl (C=O) groups excluding carboxylic acids is 4. The number of thiazole rings is 1. The van der Waals surface area contributed by atoms with Crippen molar-refractivity contribution in [1.82, 2.24) is 40.0 Å². The van der Waals surface area contributed by atoms with Gasteiger partial charge in [0, 0.05) is 87.2 Å². The molecule has 406 valence electrons. The third-order valence-corrected chi connectivity index (χ3v) is 15.3. The molecule has 77 heavy (non-hydrogen) atoms. The van der Waals surface area contributed by atoms with Crippen molar-refractivity contribution in [3.8, 4) is 21.9 Å². The molecule has 4 amide bonds. The maximum absolute atomic E-state index is 14.1. The minimum atomic E-state index is -0.860. The van der Waals surface area contributed by atoms with Crippen LogP contribution in [0, 0.1) is 19.3 Å². The molecule has 5 heterocycles. The van der Waals surface area contributed by atoms with Gasteiger partial charge in [0.25, 0.3) is 5.56 Å². The van der Waals surface area contributed by atoms with Crippen LogP contribution in [0.3, 0.4) is 0 Å². The van der Waals surface area contributed by atoms with Crippen LogP contribution < -0.4 is 36.5 Å². The Bertz CT molecular complexity index is 3140. The van der Waals surface area contributed by atoms with Crippen molar-refractivity contribution in [1.29, 1.82) is 0 Å². The maximum Gasteiger partial charge on any atom is 0.257 e. The molecule has 2 saturated heterocycles. The van der Waals surface area contributed by atoms with E-state index in [1.54, 1.807) is 55.0 Å². The van der Waals surface area contributed by atoms with E-state index in [0.717, 1.165) is 91.4 Å². The molecule has 6 aromatic rings. The topological polar surface area (TPSA) is 216 Å². The third kappa shape index (κ3) is 13.9. The average molecular weight is 1070 g/mol. The number of methoxy groups -OCH3 is 1. The van der Waals surface area contributed by atoms with Crippen LogP contribution in [0.2, 0.25) is 0 Å². The summed E-state index contributed by atoms with van der Waals surface area (Å²) in [6, 6.07) is 20.8. The van der Waals surface area contributed by atoms with Gasteiger partial charge < -0.3 is 40.9 Å². The predicted octanol–water partition coefficient (Wildman–Crippen LogP) is 7.67. The number of fused-ring (bicyclic) bond motifs is 1. The van der Waals surface area contributed by atoms with Crippen molar-refractivity contribution in [2.24, 2.45) is 5.41 Å². The number of aryl methyl sites for hydroxylation is 2. The molecule has 8 rings (SSSR count). The molecule has 19 heteroatoms. The first-order chi connectivity index (χ1) is 37.0. The highest BCUT2D eigenvalue weighted by atomic mass is 32.1. The number of hydrogen-bond donors (Lipinski definition) is 5. The Morgan fingerprint density at radius 1 is 0.922 bits per heavy atom. The van der Waals surface area contributed by atoms with Crippen LogP contribution in [-0.2, 0) is 25.7 Å². The van der Waals surface area contributed by atoms with Gasteiger partial charge in [-0.2, -0.15) is 4.98 Å². The van der Waals surface area contributed by atoms with Crippen LogP contribution in [0.25, 0.3) is 27.2 Å². The molecule has 0 spiro atoms. The fraction of sp³-hybridized carbons (Fsp3) is 0.414. The Hall–Kier alpha value is -7.48. The number of aliphatic hydroxyl groups is 1. The molecule has 3 aromatic carbocycles. The molecule has 3 unspecified atom stereocenters. The number of ether oxygens (including phenoxy) is 1. The van der Waals surface area contributed by atoms with E-state index in [-0.39, 0.29) is 54.6 Å². The number of pyridine rings is 1. The Morgan fingerprint density at radius 2 is 1.68 bits per heavy atom. The maximum atomic E-state index is 14.1. The number of β-amino-alcohol motifs (C(OH)–C–C–N with tert-alkyl or cyclic N) is 1. The number of benzene rings is 3. The zero-order valence-electron chi connectivity index (χ0n) is 44.9. The summed E-state index contributed by atoms with van der Waals surface area (Å²) in [5.41, 5.74) is 7.77. The van der Waals surface area contributed by atoms with E-state index in [1.807, 2.05) is 76.5 Å². The molecule has 5 N–H and O–H groups in total. The third-order valence-electron chi connectivity index (χ3n) is 14.3. The van der Waals surface area contributed by atoms with Crippen molar-refractivity contribution in [3.05, 3.63) is 124 Å². The largest absolute Gasteiger partial charge is 0.494 e. The minimum absolute atomic E-state index is 0.0268. The first-order valence-electron chi connectivity index (χ1n) is 26.4. The zero-order chi connectivity index (χ0) is 54.8. The van der Waals surface area contributed by atoms with Gasteiger partial charge in [-0.1, -0.05) is 76.9 Å². The predicted molar refractivity (Wildman–Crippen MR) is 303 cm³/mol. The standard InChI is InChI=1S/C58H71N11O7S/c1-8-49(71)62-41-15-14-16-43(30-41)69-51(73)29-37(2)45-34-60-57(65-54(45)69)63-46-23-22-42(31-48(46)76-7)67-27-25-66(26-28-67)24-13-11-9-10-12-17-50(72)64-53(58(4,5)6)56(75)68-35-44(70)32-47(68)55(74)59-33-39-18-20-40(21-19-39)52-38(3)61-36-77-52/h8,14-16,18-23,29-31,34,36,44,47,53,70H,1,9-13,17,24-28,32-33,35H2,2-7H3,(H,59,74)(H,62,71)(H,64,72)(H,60,63,65). The lowest BCUT2D eigenvalue weighted by atomic mass is 9.85. The molecule has 2 aliphatic heterocycles. The lowest BCUT2D eigenvalue weighted by molar-refractivity contribution is -0.144. The van der Waals surface area contributed by atoms with Gasteiger partial charge in [0.05, 0.1) is 40.7 Å². The highest BCUT2D eigenvalue weighted by molar-refractivity contribution is 7.13. The number of nitrogens with one attached hydrogen (secondary N) is 4. The Balaban J connectivity index is 0.758. The molecule has 0 bridgehead atoms. The van der Waals surface area contributed by atoms with Crippen molar-refractivity contribution >= 4 is 69.0 Å². The van der Waals surface area contributed by atoms with Crippen molar-refractivity contribution < 1.29 is 29.0 Å². The Labute approximate surface area is 454 Å². The van der Waals surface area contributed by atoms with Gasteiger partial charge in [-0.15, -0.1) is 11.3 Å². The van der Waals surface area contributed by atoms with Crippen molar-refractivity contribution in [2.75, 3.05) is 61.9 Å². The van der Waals surface area contributed by atoms with E-state index >= 15 is 0 Å². The summed E-state index contributed by atoms with van der Waals surface area (Å²) in [6.07, 6.45) is 7.18. The number of likely N-dealkylation sites (tertiary alicyclic amines) is 1. The van der Waals surface area contributed by atoms with Crippen LogP contribution in [0.15, 0.2) is 102 Å². The van der Waals surface area contributed by atoms with Gasteiger partial charge in [0.2, 0.25) is 29.6 Å². The van der Waals surface area contributed by atoms with E-state index in [4.69, 9.17) is 9.72 Å². The summed E-state index contributed by atoms with van der Waals surface area (Å²) >= 11 is 1.58. The summed E-state index contributed by atoms with van der Waals surface area (Å²) in [6.45, 7) is 17.9. The molecule has 18 nitrogen and oxygen atoms in total. The van der Waals surface area contributed by atoms with E-state index in [9.17, 15) is 29.1 Å². The van der Waals surface area contributed by atoms with Crippen LogP contribution in [0.4, 0.5) is 23.0 Å². The number of aliphatic hydroxyl groups excluding tert-OH is 1. The second-order valence-corrected chi connectivity index (χ2v) is 21.8. The molecular formula is C58H71N11O7S. The lowest BCUT2D eigenvalue weighted by Gasteiger charge is -2.36. The van der Waals surface area contributed by atoms with Crippen LogP contribution >= 0.6 is 11.3 Å². The number of anilines is 4. The normalized spacial score (nSPS) is 16.2. The van der Waals surface area contributed by atoms with E-state index in [2.05, 4.69) is 53.7 Å². The number of amides is 4. The van der Waals surface area contributed by atoms with Crippen molar-refractivity contribution in [3.63, 3.8) is 0 Å². The SMILES string of the molecule is C=CC(=O)Nc1cccc(-n2c(=O)cc(C)c3cnc(Nc4ccc(N5CCN(CCCCCCCC(=O)NC(C(=O)N6CC(O)CC6C(=O)NCc6ccc(-c7scnc7C)cc6)C(C)(C)C)CC5)cc4OC)nc32)c1. The number of aromatic nitrogens is 4. The second kappa shape index (κ2) is 25.1. The molecule has 3 aromatic heterocycles. The van der Waals surface area contributed by atoms with E-state index in [1.165, 1.54) is 15.5 Å². The van der Waals surface area contributed by atoms with Gasteiger partial charge >= 0.3 is 0 Å². The quantitative estimate of drug-likeness (QED) is 0.0346. The summed E-state index contributed by atoms with van der Waals surface area (Å²) < 4.78 is 7.34. The number of hydrogen-bond acceptors (Lipinski definition) is 14. The number of nitrogens with zero attached hydrogens (tertiary/aromatic N) is 7. The fourth-order valence-electron chi connectivity index (χ4n) is 9.97. The summed E-state index contributed by atoms with van der Waals surface area (Å²) in [7, 11) is 1.62. The average Bonchev–Trinajstić information content (AvgIpc) is 4.05. The molecule has 0 aliphatic carbocycles. The van der Waals surface area contributed by atoms with Gasteiger partial charge in [-0.05, 0) is 91.7 Å². The zero-order valence-corrected chi connectivity index (χ0v) is 45.8. The van der Waals surface area contributed by atoms with Gasteiger partial charge in [0.1, 0.15) is 17.8 Å². The lowest BCUT2D eigenvalue weighted by Crippen LogP contribution is -2.57. The highest BCUT2D eigenvalue weighted by Gasteiger charge is 2.44.